The number of aryl methyl sites for hydroxylation is 1. The quantitative estimate of drug-likeness (QED) is 0.749. The number of rotatable bonds is 6. The van der Waals surface area contributed by atoms with Gasteiger partial charge in [-0.05, 0) is 49.2 Å². The summed E-state index contributed by atoms with van der Waals surface area (Å²) in [7, 11) is 0. The first kappa shape index (κ1) is 16.4. The van der Waals surface area contributed by atoms with Crippen LogP contribution in [-0.4, -0.2) is 6.54 Å². The van der Waals surface area contributed by atoms with Crippen molar-refractivity contribution in [3.05, 3.63) is 58.6 Å². The second-order valence-corrected chi connectivity index (χ2v) is 7.25. The van der Waals surface area contributed by atoms with Crippen LogP contribution in [0.4, 0.5) is 0 Å². The molecule has 0 amide bonds. The largest absolute Gasteiger partial charge is 0.312 e. The zero-order valence-electron chi connectivity index (χ0n) is 12.8. The summed E-state index contributed by atoms with van der Waals surface area (Å²) < 4.78 is 0. The third kappa shape index (κ3) is 5.39. The van der Waals surface area contributed by atoms with E-state index in [1.807, 2.05) is 18.2 Å². The van der Waals surface area contributed by atoms with E-state index in [9.17, 15) is 0 Å². The minimum Gasteiger partial charge on any atom is -0.312 e. The van der Waals surface area contributed by atoms with Gasteiger partial charge in [-0.15, -0.1) is 0 Å². The van der Waals surface area contributed by atoms with Crippen LogP contribution < -0.4 is 5.32 Å². The Hall–Kier alpha value is -0.960. The van der Waals surface area contributed by atoms with Gasteiger partial charge >= 0.3 is 0 Å². The first-order chi connectivity index (χ1) is 10.0. The molecule has 0 saturated carbocycles. The Balaban J connectivity index is 2.14. The van der Waals surface area contributed by atoms with E-state index in [0.717, 1.165) is 18.1 Å². The Morgan fingerprint density at radius 2 is 1.95 bits per heavy atom. The third-order valence-electron chi connectivity index (χ3n) is 3.11. The molecular formula is C18H22ClNS. The van der Waals surface area contributed by atoms with Gasteiger partial charge in [0.1, 0.15) is 0 Å². The average molecular weight is 320 g/mol. The lowest BCUT2D eigenvalue weighted by Gasteiger charge is -2.13. The maximum Gasteiger partial charge on any atom is 0.0417 e. The van der Waals surface area contributed by atoms with Gasteiger partial charge < -0.3 is 5.32 Å². The van der Waals surface area contributed by atoms with Crippen LogP contribution in [0.25, 0.3) is 0 Å². The lowest BCUT2D eigenvalue weighted by molar-refractivity contribution is 0.550. The Morgan fingerprint density at radius 3 is 2.67 bits per heavy atom. The van der Waals surface area contributed by atoms with Gasteiger partial charge in [0, 0.05) is 21.4 Å². The van der Waals surface area contributed by atoms with E-state index in [2.05, 4.69) is 50.4 Å². The Bertz CT molecular complexity index is 596. The van der Waals surface area contributed by atoms with Crippen molar-refractivity contribution in [1.29, 1.82) is 0 Å². The van der Waals surface area contributed by atoms with Crippen LogP contribution in [0.15, 0.2) is 52.3 Å². The highest BCUT2D eigenvalue weighted by Crippen LogP contribution is 2.32. The molecule has 0 radical (unpaired) electrons. The summed E-state index contributed by atoms with van der Waals surface area (Å²) in [5, 5.41) is 4.31. The van der Waals surface area contributed by atoms with Gasteiger partial charge in [-0.1, -0.05) is 61.0 Å². The molecule has 112 valence electrons. The summed E-state index contributed by atoms with van der Waals surface area (Å²) in [4.78, 5) is 2.47. The van der Waals surface area contributed by atoms with Crippen LogP contribution in [0.1, 0.15) is 25.0 Å². The zero-order valence-corrected chi connectivity index (χ0v) is 14.4. The molecule has 0 atom stereocenters. The van der Waals surface area contributed by atoms with Gasteiger partial charge in [-0.2, -0.15) is 0 Å². The monoisotopic (exact) mass is 319 g/mol. The molecule has 1 N–H and O–H groups in total. The van der Waals surface area contributed by atoms with E-state index >= 15 is 0 Å². The highest BCUT2D eigenvalue weighted by atomic mass is 35.5. The molecule has 0 heterocycles. The maximum absolute atomic E-state index is 6.07. The number of nitrogens with one attached hydrogen (secondary N) is 1. The topological polar surface area (TPSA) is 12.0 Å². The van der Waals surface area contributed by atoms with Crippen LogP contribution in [0.5, 0.6) is 0 Å². The molecule has 21 heavy (non-hydrogen) atoms. The lowest BCUT2D eigenvalue weighted by atomic mass is 10.1. The molecule has 3 heteroatoms. The van der Waals surface area contributed by atoms with E-state index in [1.54, 1.807) is 11.8 Å². The molecule has 0 aliphatic heterocycles. The molecule has 0 bridgehead atoms. The zero-order chi connectivity index (χ0) is 15.2. The molecule has 2 aromatic rings. The average Bonchev–Trinajstić information content (AvgIpc) is 2.41. The highest BCUT2D eigenvalue weighted by Gasteiger charge is 2.06. The van der Waals surface area contributed by atoms with Gasteiger partial charge in [-0.25, -0.2) is 0 Å². The summed E-state index contributed by atoms with van der Waals surface area (Å²) >= 11 is 7.84. The number of hydrogen-bond acceptors (Lipinski definition) is 2. The molecule has 0 spiro atoms. The molecule has 2 aromatic carbocycles. The first-order valence-corrected chi connectivity index (χ1v) is 8.47. The number of benzene rings is 2. The van der Waals surface area contributed by atoms with Crippen molar-refractivity contribution in [2.24, 2.45) is 5.92 Å². The fourth-order valence-electron chi connectivity index (χ4n) is 2.10. The smallest absolute Gasteiger partial charge is 0.0417 e. The van der Waals surface area contributed by atoms with Crippen molar-refractivity contribution in [3.8, 4) is 0 Å². The van der Waals surface area contributed by atoms with Crippen LogP contribution in [0.2, 0.25) is 5.02 Å². The summed E-state index contributed by atoms with van der Waals surface area (Å²) in [6.07, 6.45) is 0. The van der Waals surface area contributed by atoms with Gasteiger partial charge in [0.2, 0.25) is 0 Å². The molecular weight excluding hydrogens is 298 g/mol. The third-order valence-corrected chi connectivity index (χ3v) is 4.45. The highest BCUT2D eigenvalue weighted by molar-refractivity contribution is 7.99. The minimum atomic E-state index is 0.666. The lowest BCUT2D eigenvalue weighted by Crippen LogP contribution is -2.19. The van der Waals surface area contributed by atoms with Gasteiger partial charge in [-0.3, -0.25) is 0 Å². The van der Waals surface area contributed by atoms with Crippen molar-refractivity contribution in [2.75, 3.05) is 6.54 Å². The Kier molecular flexibility index (Phi) is 6.16. The van der Waals surface area contributed by atoms with Crippen molar-refractivity contribution in [1.82, 2.24) is 5.32 Å². The van der Waals surface area contributed by atoms with E-state index in [-0.39, 0.29) is 0 Å². The second kappa shape index (κ2) is 7.88. The normalized spacial score (nSPS) is 11.1. The maximum atomic E-state index is 6.07. The van der Waals surface area contributed by atoms with Crippen molar-refractivity contribution >= 4 is 23.4 Å². The van der Waals surface area contributed by atoms with E-state index < -0.39 is 0 Å². The molecule has 0 aliphatic rings. The van der Waals surface area contributed by atoms with Crippen molar-refractivity contribution in [3.63, 3.8) is 0 Å². The fourth-order valence-corrected chi connectivity index (χ4v) is 3.34. The Morgan fingerprint density at radius 1 is 1.14 bits per heavy atom. The minimum absolute atomic E-state index is 0.666. The molecule has 0 fully saturated rings. The Labute approximate surface area is 137 Å². The summed E-state index contributed by atoms with van der Waals surface area (Å²) in [6, 6.07) is 14.6. The molecule has 0 saturated heterocycles. The van der Waals surface area contributed by atoms with Crippen LogP contribution in [0, 0.1) is 12.8 Å². The van der Waals surface area contributed by atoms with Gasteiger partial charge in [0.05, 0.1) is 0 Å². The molecule has 0 unspecified atom stereocenters. The van der Waals surface area contributed by atoms with Crippen LogP contribution in [-0.2, 0) is 6.54 Å². The molecule has 1 nitrogen and oxygen atoms in total. The summed E-state index contributed by atoms with van der Waals surface area (Å²) in [5.74, 6) is 0.666. The molecule has 2 rings (SSSR count). The summed E-state index contributed by atoms with van der Waals surface area (Å²) in [5.41, 5.74) is 2.65. The number of hydrogen-bond donors (Lipinski definition) is 1. The van der Waals surface area contributed by atoms with Gasteiger partial charge in [0.25, 0.3) is 0 Å². The first-order valence-electron chi connectivity index (χ1n) is 7.28. The second-order valence-electron chi connectivity index (χ2n) is 5.70. The van der Waals surface area contributed by atoms with E-state index in [0.29, 0.717) is 5.92 Å². The van der Waals surface area contributed by atoms with Crippen LogP contribution in [0.3, 0.4) is 0 Å². The predicted molar refractivity (Wildman–Crippen MR) is 93.3 cm³/mol. The van der Waals surface area contributed by atoms with E-state index in [1.165, 1.54) is 20.9 Å². The molecule has 0 aromatic heterocycles. The van der Waals surface area contributed by atoms with Crippen molar-refractivity contribution in [2.45, 2.75) is 37.1 Å². The fraction of sp³-hybridized carbons (Fsp3) is 0.333. The predicted octanol–water partition coefficient (Wildman–Crippen LogP) is 5.55. The molecule has 0 aliphatic carbocycles. The van der Waals surface area contributed by atoms with Crippen LogP contribution >= 0.6 is 23.4 Å². The van der Waals surface area contributed by atoms with Crippen molar-refractivity contribution < 1.29 is 0 Å². The SMILES string of the molecule is Cc1ccc(Sc2cccc(Cl)c2)c(CNCC(C)C)c1. The van der Waals surface area contributed by atoms with E-state index in [4.69, 9.17) is 11.6 Å². The number of halogens is 1. The summed E-state index contributed by atoms with van der Waals surface area (Å²) in [6.45, 7) is 8.54. The standard InChI is InChI=1S/C18H22ClNS/c1-13(2)11-20-12-15-9-14(3)7-8-18(15)21-17-6-4-5-16(19)10-17/h4-10,13,20H,11-12H2,1-3H3. The van der Waals surface area contributed by atoms with Gasteiger partial charge in [0.15, 0.2) is 0 Å².